The highest BCUT2D eigenvalue weighted by Gasteiger charge is 2.59. The molecule has 2 N–H and O–H groups in total. The van der Waals surface area contributed by atoms with E-state index < -0.39 is 11.1 Å². The van der Waals surface area contributed by atoms with Crippen LogP contribution in [0.3, 0.4) is 0 Å². The van der Waals surface area contributed by atoms with Crippen LogP contribution in [-0.2, 0) is 15.0 Å². The third-order valence-electron chi connectivity index (χ3n) is 5.83. The van der Waals surface area contributed by atoms with Gasteiger partial charge in [0.15, 0.2) is 0 Å². The summed E-state index contributed by atoms with van der Waals surface area (Å²) in [6.07, 6.45) is 4.25. The van der Waals surface area contributed by atoms with E-state index in [-0.39, 0.29) is 11.9 Å². The van der Waals surface area contributed by atoms with Gasteiger partial charge in [-0.1, -0.05) is 17.7 Å². The fourth-order valence-electron chi connectivity index (χ4n) is 4.63. The quantitative estimate of drug-likeness (QED) is 0.815. The van der Waals surface area contributed by atoms with Crippen LogP contribution in [0.5, 0.6) is 5.75 Å². The van der Waals surface area contributed by atoms with E-state index in [1.165, 1.54) is 0 Å². The molecule has 1 aromatic carbocycles. The third-order valence-corrected chi connectivity index (χ3v) is 6.04. The summed E-state index contributed by atoms with van der Waals surface area (Å²) in [5, 5.41) is 0.597. The zero-order chi connectivity index (χ0) is 18.6. The van der Waals surface area contributed by atoms with Gasteiger partial charge in [-0.05, 0) is 37.1 Å². The molecule has 0 radical (unpaired) electrons. The lowest BCUT2D eigenvalue weighted by Gasteiger charge is -2.52. The smallest absolute Gasteiger partial charge is 0.283 e. The van der Waals surface area contributed by atoms with Gasteiger partial charge in [0.05, 0.1) is 11.6 Å². The molecule has 1 unspecified atom stereocenters. The molecule has 1 fully saturated rings. The summed E-state index contributed by atoms with van der Waals surface area (Å²) in [7, 11) is 0. The van der Waals surface area contributed by atoms with Crippen LogP contribution in [0.1, 0.15) is 18.9 Å². The van der Waals surface area contributed by atoms with Crippen LogP contribution in [0.25, 0.3) is 11.1 Å². The molecule has 0 bridgehead atoms. The fraction of sp³-hybridized carbons (Fsp3) is 0.400. The molecular formula is C20H20ClN3O3. The van der Waals surface area contributed by atoms with Crippen LogP contribution in [-0.4, -0.2) is 36.4 Å². The van der Waals surface area contributed by atoms with Crippen molar-refractivity contribution in [3.63, 3.8) is 0 Å². The van der Waals surface area contributed by atoms with Crippen molar-refractivity contribution in [3.05, 3.63) is 47.2 Å². The number of nitrogens with two attached hydrogens (primary N) is 1. The zero-order valence-electron chi connectivity index (χ0n) is 14.9. The maximum Gasteiger partial charge on any atom is 0.283 e. The first kappa shape index (κ1) is 16.8. The van der Waals surface area contributed by atoms with E-state index in [2.05, 4.69) is 18.0 Å². The van der Waals surface area contributed by atoms with Gasteiger partial charge in [0.2, 0.25) is 0 Å². The number of pyridine rings is 1. The van der Waals surface area contributed by atoms with Gasteiger partial charge in [0.25, 0.3) is 6.02 Å². The second-order valence-electron chi connectivity index (χ2n) is 7.57. The molecule has 1 saturated heterocycles. The first-order chi connectivity index (χ1) is 13.0. The lowest BCUT2D eigenvalue weighted by molar-refractivity contribution is -0.135. The zero-order valence-corrected chi connectivity index (χ0v) is 15.7. The van der Waals surface area contributed by atoms with Gasteiger partial charge in [-0.2, -0.15) is 0 Å². The van der Waals surface area contributed by atoms with Crippen molar-refractivity contribution in [3.8, 4) is 16.9 Å². The largest absolute Gasteiger partial charge is 0.484 e. The van der Waals surface area contributed by atoms with Gasteiger partial charge in [-0.25, -0.2) is 4.99 Å². The Morgan fingerprint density at radius 3 is 2.85 bits per heavy atom. The second-order valence-corrected chi connectivity index (χ2v) is 8.01. The van der Waals surface area contributed by atoms with E-state index in [9.17, 15) is 0 Å². The highest BCUT2D eigenvalue weighted by molar-refractivity contribution is 6.30. The maximum atomic E-state index is 6.43. The van der Waals surface area contributed by atoms with Crippen molar-refractivity contribution >= 4 is 17.6 Å². The minimum Gasteiger partial charge on any atom is -0.484 e. The van der Waals surface area contributed by atoms with Gasteiger partial charge in [0, 0.05) is 36.0 Å². The fourth-order valence-corrected chi connectivity index (χ4v) is 4.81. The Labute approximate surface area is 162 Å². The minimum atomic E-state index is -0.571. The molecule has 5 rings (SSSR count). The van der Waals surface area contributed by atoms with Crippen molar-refractivity contribution in [2.24, 2.45) is 16.6 Å². The second kappa shape index (κ2) is 5.84. The van der Waals surface area contributed by atoms with Crippen LogP contribution in [0, 0.1) is 5.92 Å². The van der Waals surface area contributed by atoms with Gasteiger partial charge in [-0.15, -0.1) is 0 Å². The molecule has 3 atom stereocenters. The summed E-state index contributed by atoms with van der Waals surface area (Å²) in [5.41, 5.74) is 7.85. The predicted octanol–water partition coefficient (Wildman–Crippen LogP) is 3.13. The van der Waals surface area contributed by atoms with Crippen molar-refractivity contribution in [1.82, 2.24) is 4.98 Å². The van der Waals surface area contributed by atoms with Gasteiger partial charge in [0.1, 0.15) is 23.5 Å². The lowest BCUT2D eigenvalue weighted by Crippen LogP contribution is -2.60. The Bertz CT molecular complexity index is 950. The molecule has 3 aliphatic rings. The topological polar surface area (TPSA) is 79.0 Å². The first-order valence-corrected chi connectivity index (χ1v) is 9.38. The summed E-state index contributed by atoms with van der Waals surface area (Å²) >= 11 is 6.13. The van der Waals surface area contributed by atoms with Crippen molar-refractivity contribution in [2.75, 3.05) is 19.8 Å². The van der Waals surface area contributed by atoms with Crippen molar-refractivity contribution in [2.45, 2.75) is 24.5 Å². The summed E-state index contributed by atoms with van der Waals surface area (Å²) in [5.74, 6) is 0.903. The molecule has 1 aromatic heterocycles. The number of fused-ring (bicyclic) bond motifs is 4. The summed E-state index contributed by atoms with van der Waals surface area (Å²) in [6.45, 7) is 3.69. The standard InChI is InChI=1S/C20H20ClN3O3/c1-19-10-25-5-4-17(19)20(11-26-18(22)24-20)15-7-12(2-3-16(15)27-19)13-6-14(21)9-23-8-13/h2-3,6-9,17H,4-5,10-11H2,1H3,(H2,22,24)/t17-,19?,20+/m0/s1. The SMILES string of the molecule is CC12COCC[C@@H]1[C@@]1(COC(N)=N1)c1cc(-c3cncc(Cl)c3)ccc1O2. The average Bonchev–Trinajstić information content (AvgIpc) is 3.04. The van der Waals surface area contributed by atoms with Gasteiger partial charge >= 0.3 is 0 Å². The summed E-state index contributed by atoms with van der Waals surface area (Å²) < 4.78 is 17.8. The number of aromatic nitrogens is 1. The number of rotatable bonds is 1. The third kappa shape index (κ3) is 2.51. The number of amidine groups is 1. The Kier molecular flexibility index (Phi) is 3.64. The van der Waals surface area contributed by atoms with E-state index in [0.717, 1.165) is 28.9 Å². The Hall–Kier alpha value is -2.31. The molecule has 1 spiro atoms. The summed E-state index contributed by atoms with van der Waals surface area (Å²) in [4.78, 5) is 9.00. The molecule has 2 aromatic rings. The van der Waals surface area contributed by atoms with E-state index >= 15 is 0 Å². The average molecular weight is 386 g/mol. The molecule has 7 heteroatoms. The number of benzene rings is 1. The van der Waals surface area contributed by atoms with Gasteiger partial charge < -0.3 is 19.9 Å². The van der Waals surface area contributed by atoms with Crippen LogP contribution >= 0.6 is 11.6 Å². The van der Waals surface area contributed by atoms with Crippen molar-refractivity contribution in [1.29, 1.82) is 0 Å². The highest BCUT2D eigenvalue weighted by atomic mass is 35.5. The van der Waals surface area contributed by atoms with E-state index in [1.54, 1.807) is 12.4 Å². The number of ether oxygens (including phenoxy) is 3. The van der Waals surface area contributed by atoms with E-state index in [1.807, 2.05) is 18.2 Å². The number of nitrogens with zero attached hydrogens (tertiary/aromatic N) is 2. The molecule has 4 heterocycles. The molecule has 0 saturated carbocycles. The Balaban J connectivity index is 1.70. The monoisotopic (exact) mass is 385 g/mol. The lowest BCUT2D eigenvalue weighted by atomic mass is 9.66. The molecule has 0 aliphatic carbocycles. The number of aliphatic imine (C=N–C) groups is 1. The van der Waals surface area contributed by atoms with Crippen LogP contribution in [0.4, 0.5) is 0 Å². The normalized spacial score (nSPS) is 31.5. The number of hydrogen-bond donors (Lipinski definition) is 1. The van der Waals surface area contributed by atoms with E-state index in [4.69, 9.17) is 36.5 Å². The molecule has 3 aliphatic heterocycles. The summed E-state index contributed by atoms with van der Waals surface area (Å²) in [6, 6.07) is 8.22. The van der Waals surface area contributed by atoms with E-state index in [0.29, 0.717) is 24.8 Å². The molecule has 27 heavy (non-hydrogen) atoms. The minimum absolute atomic E-state index is 0.111. The highest BCUT2D eigenvalue weighted by Crippen LogP contribution is 2.54. The Morgan fingerprint density at radius 2 is 2.07 bits per heavy atom. The molecular weight excluding hydrogens is 366 g/mol. The first-order valence-electron chi connectivity index (χ1n) is 9.01. The number of halogens is 1. The van der Waals surface area contributed by atoms with Crippen LogP contribution < -0.4 is 10.5 Å². The number of hydrogen-bond acceptors (Lipinski definition) is 6. The van der Waals surface area contributed by atoms with Gasteiger partial charge in [-0.3, -0.25) is 4.98 Å². The molecule has 0 amide bonds. The van der Waals surface area contributed by atoms with Crippen molar-refractivity contribution < 1.29 is 14.2 Å². The predicted molar refractivity (Wildman–Crippen MR) is 102 cm³/mol. The van der Waals surface area contributed by atoms with Crippen LogP contribution in [0.15, 0.2) is 41.7 Å². The molecule has 6 nitrogen and oxygen atoms in total. The Morgan fingerprint density at radius 1 is 1.19 bits per heavy atom. The molecule has 140 valence electrons. The van der Waals surface area contributed by atoms with Crippen LogP contribution in [0.2, 0.25) is 5.02 Å². The maximum absolute atomic E-state index is 6.43.